The lowest BCUT2D eigenvalue weighted by Crippen LogP contribution is -2.39. The summed E-state index contributed by atoms with van der Waals surface area (Å²) in [6, 6.07) is 9.01. The van der Waals surface area contributed by atoms with Crippen molar-refractivity contribution in [2.24, 2.45) is 11.8 Å². The number of rotatable bonds is 6. The Morgan fingerprint density at radius 1 is 1.04 bits per heavy atom. The molecule has 134 valence electrons. The minimum atomic E-state index is -0.104. The van der Waals surface area contributed by atoms with E-state index in [1.807, 2.05) is 4.90 Å². The Morgan fingerprint density at radius 3 is 2.44 bits per heavy atom. The monoisotopic (exact) mass is 341 g/mol. The van der Waals surface area contributed by atoms with Gasteiger partial charge in [0.25, 0.3) is 0 Å². The average Bonchev–Trinajstić information content (AvgIpc) is 3.25. The number of amides is 3. The van der Waals surface area contributed by atoms with Crippen molar-refractivity contribution in [1.82, 2.24) is 15.5 Å². The molecule has 0 aromatic heterocycles. The van der Waals surface area contributed by atoms with Gasteiger partial charge in [-0.25, -0.2) is 4.79 Å². The van der Waals surface area contributed by atoms with Crippen molar-refractivity contribution in [3.63, 3.8) is 0 Å². The maximum atomic E-state index is 12.0. The van der Waals surface area contributed by atoms with E-state index in [4.69, 9.17) is 0 Å². The van der Waals surface area contributed by atoms with Gasteiger partial charge in [-0.05, 0) is 49.1 Å². The maximum absolute atomic E-state index is 12.0. The molecule has 3 amide bonds. The van der Waals surface area contributed by atoms with Crippen LogP contribution in [0.5, 0.6) is 0 Å². The minimum Gasteiger partial charge on any atom is -0.339 e. The lowest BCUT2D eigenvalue weighted by molar-refractivity contribution is -0.128. The fourth-order valence-corrected chi connectivity index (χ4v) is 4.23. The van der Waals surface area contributed by atoms with Crippen LogP contribution in [-0.4, -0.2) is 42.5 Å². The SMILES string of the molecule is O=C(NCCC1Cc2ccccc2C1)NC[C@@H]1CC(=O)N(C2CC2)C1. The molecule has 1 saturated heterocycles. The molecule has 2 N–H and O–H groups in total. The fraction of sp³-hybridized carbons (Fsp3) is 0.600. The molecule has 1 saturated carbocycles. The van der Waals surface area contributed by atoms with Crippen LogP contribution in [0.3, 0.4) is 0 Å². The number of carbonyl (C=O) groups excluding carboxylic acids is 2. The number of carbonyl (C=O) groups is 2. The first kappa shape index (κ1) is 16.4. The van der Waals surface area contributed by atoms with Crippen molar-refractivity contribution >= 4 is 11.9 Å². The number of fused-ring (bicyclic) bond motifs is 1. The molecule has 1 aromatic carbocycles. The van der Waals surface area contributed by atoms with Crippen LogP contribution in [0.4, 0.5) is 4.79 Å². The summed E-state index contributed by atoms with van der Waals surface area (Å²) in [5.41, 5.74) is 2.92. The highest BCUT2D eigenvalue weighted by atomic mass is 16.2. The van der Waals surface area contributed by atoms with Crippen molar-refractivity contribution in [3.8, 4) is 0 Å². The molecule has 2 fully saturated rings. The molecule has 0 unspecified atom stereocenters. The lowest BCUT2D eigenvalue weighted by Gasteiger charge is -2.16. The Labute approximate surface area is 149 Å². The third-order valence-electron chi connectivity index (χ3n) is 5.75. The smallest absolute Gasteiger partial charge is 0.314 e. The van der Waals surface area contributed by atoms with Gasteiger partial charge >= 0.3 is 6.03 Å². The molecular weight excluding hydrogens is 314 g/mol. The third-order valence-corrected chi connectivity index (χ3v) is 5.75. The van der Waals surface area contributed by atoms with Crippen molar-refractivity contribution in [3.05, 3.63) is 35.4 Å². The molecule has 5 nitrogen and oxygen atoms in total. The summed E-state index contributed by atoms with van der Waals surface area (Å²) in [4.78, 5) is 25.9. The van der Waals surface area contributed by atoms with Crippen LogP contribution < -0.4 is 10.6 Å². The van der Waals surface area contributed by atoms with Crippen LogP contribution in [-0.2, 0) is 17.6 Å². The molecule has 1 aromatic rings. The van der Waals surface area contributed by atoms with Crippen LogP contribution in [0.2, 0.25) is 0 Å². The Bertz CT molecular complexity index is 631. The molecule has 0 bridgehead atoms. The summed E-state index contributed by atoms with van der Waals surface area (Å²) >= 11 is 0. The van der Waals surface area contributed by atoms with Gasteiger partial charge in [-0.2, -0.15) is 0 Å². The van der Waals surface area contributed by atoms with Gasteiger partial charge in [-0.15, -0.1) is 0 Å². The summed E-state index contributed by atoms with van der Waals surface area (Å²) < 4.78 is 0. The predicted octanol–water partition coefficient (Wildman–Crippen LogP) is 2.10. The number of hydrogen-bond acceptors (Lipinski definition) is 2. The molecule has 1 aliphatic heterocycles. The molecule has 4 rings (SSSR count). The van der Waals surface area contributed by atoms with Gasteiger partial charge < -0.3 is 15.5 Å². The zero-order chi connectivity index (χ0) is 17.2. The number of nitrogens with one attached hydrogen (secondary N) is 2. The Hall–Kier alpha value is -2.04. The molecular formula is C20H27N3O2. The molecule has 25 heavy (non-hydrogen) atoms. The third kappa shape index (κ3) is 3.97. The zero-order valence-corrected chi connectivity index (χ0v) is 14.7. The predicted molar refractivity (Wildman–Crippen MR) is 96.2 cm³/mol. The highest BCUT2D eigenvalue weighted by Gasteiger charge is 2.39. The van der Waals surface area contributed by atoms with Crippen molar-refractivity contribution in [1.29, 1.82) is 0 Å². The number of hydrogen-bond donors (Lipinski definition) is 2. The second-order valence-electron chi connectivity index (χ2n) is 7.82. The second-order valence-corrected chi connectivity index (χ2v) is 7.82. The van der Waals surface area contributed by atoms with Crippen LogP contribution >= 0.6 is 0 Å². The van der Waals surface area contributed by atoms with Crippen molar-refractivity contribution < 1.29 is 9.59 Å². The number of nitrogens with zero attached hydrogens (tertiary/aromatic N) is 1. The van der Waals surface area contributed by atoms with Crippen LogP contribution in [0.15, 0.2) is 24.3 Å². The van der Waals surface area contributed by atoms with Crippen LogP contribution in [0, 0.1) is 11.8 Å². The largest absolute Gasteiger partial charge is 0.339 e. The van der Waals surface area contributed by atoms with E-state index < -0.39 is 0 Å². The van der Waals surface area contributed by atoms with E-state index in [0.29, 0.717) is 31.5 Å². The first-order valence-electron chi connectivity index (χ1n) is 9.57. The van der Waals surface area contributed by atoms with Crippen LogP contribution in [0.1, 0.15) is 36.8 Å². The standard InChI is InChI=1S/C20H27N3O2/c24-19-11-15(13-23(19)18-5-6-18)12-22-20(25)21-8-7-14-9-16-3-1-2-4-17(16)10-14/h1-4,14-15,18H,5-13H2,(H2,21,22,25)/t15-/m0/s1. The summed E-state index contributed by atoms with van der Waals surface area (Å²) in [5.74, 6) is 1.16. The lowest BCUT2D eigenvalue weighted by atomic mass is 10.0. The van der Waals surface area contributed by atoms with E-state index in [9.17, 15) is 9.59 Å². The molecule has 0 radical (unpaired) electrons. The highest BCUT2D eigenvalue weighted by Crippen LogP contribution is 2.32. The first-order chi connectivity index (χ1) is 12.2. The van der Waals surface area contributed by atoms with Crippen molar-refractivity contribution in [2.75, 3.05) is 19.6 Å². The van der Waals surface area contributed by atoms with Gasteiger partial charge in [0.15, 0.2) is 0 Å². The molecule has 0 spiro atoms. The van der Waals surface area contributed by atoms with E-state index in [-0.39, 0.29) is 17.9 Å². The number of urea groups is 1. The minimum absolute atomic E-state index is 0.104. The summed E-state index contributed by atoms with van der Waals surface area (Å²) in [5, 5.41) is 5.91. The maximum Gasteiger partial charge on any atom is 0.314 e. The zero-order valence-electron chi connectivity index (χ0n) is 14.7. The average molecular weight is 341 g/mol. The number of likely N-dealkylation sites (tertiary alicyclic amines) is 1. The van der Waals surface area contributed by atoms with Gasteiger partial charge in [0.05, 0.1) is 0 Å². The summed E-state index contributed by atoms with van der Waals surface area (Å²) in [6.45, 7) is 2.11. The molecule has 1 heterocycles. The Balaban J connectivity index is 1.12. The number of benzene rings is 1. The molecule has 2 aliphatic carbocycles. The molecule has 3 aliphatic rings. The molecule has 1 atom stereocenters. The van der Waals surface area contributed by atoms with E-state index in [1.165, 1.54) is 11.1 Å². The Morgan fingerprint density at radius 2 is 1.76 bits per heavy atom. The van der Waals surface area contributed by atoms with Gasteiger partial charge in [-0.3, -0.25) is 4.79 Å². The van der Waals surface area contributed by atoms with E-state index in [1.54, 1.807) is 0 Å². The Kier molecular flexibility index (Phi) is 4.64. The van der Waals surface area contributed by atoms with Gasteiger partial charge in [0, 0.05) is 38.0 Å². The second kappa shape index (κ2) is 7.06. The first-order valence-corrected chi connectivity index (χ1v) is 9.57. The van der Waals surface area contributed by atoms with Gasteiger partial charge in [0.2, 0.25) is 5.91 Å². The molecule has 5 heteroatoms. The van der Waals surface area contributed by atoms with Crippen LogP contribution in [0.25, 0.3) is 0 Å². The normalized spacial score (nSPS) is 23.0. The van der Waals surface area contributed by atoms with E-state index in [2.05, 4.69) is 34.9 Å². The topological polar surface area (TPSA) is 61.4 Å². The quantitative estimate of drug-likeness (QED) is 0.832. The summed E-state index contributed by atoms with van der Waals surface area (Å²) in [6.07, 6.45) is 6.15. The fourth-order valence-electron chi connectivity index (χ4n) is 4.23. The highest BCUT2D eigenvalue weighted by molar-refractivity contribution is 5.79. The summed E-state index contributed by atoms with van der Waals surface area (Å²) in [7, 11) is 0. The van der Waals surface area contributed by atoms with Gasteiger partial charge in [0.1, 0.15) is 0 Å². The van der Waals surface area contributed by atoms with Gasteiger partial charge in [-0.1, -0.05) is 24.3 Å². The van der Waals surface area contributed by atoms with E-state index in [0.717, 1.165) is 38.6 Å². The van der Waals surface area contributed by atoms with Crippen molar-refractivity contribution in [2.45, 2.75) is 44.6 Å². The van der Waals surface area contributed by atoms with E-state index >= 15 is 0 Å².